The van der Waals surface area contributed by atoms with Gasteiger partial charge in [-0.25, -0.2) is 0 Å². The molecule has 1 atom stereocenters. The molecule has 0 fully saturated rings. The van der Waals surface area contributed by atoms with E-state index in [1.165, 1.54) is 5.56 Å². The van der Waals surface area contributed by atoms with Crippen molar-refractivity contribution in [3.05, 3.63) is 95.1 Å². The zero-order valence-electron chi connectivity index (χ0n) is 18.9. The molecule has 4 rings (SSSR count). The van der Waals surface area contributed by atoms with Gasteiger partial charge in [-0.05, 0) is 94.1 Å². The molecule has 4 aromatic heterocycles. The molecule has 162 valence electrons. The topological polar surface area (TPSA) is 77.6 Å². The quantitative estimate of drug-likeness (QED) is 0.458. The van der Waals surface area contributed by atoms with Crippen molar-refractivity contribution < 1.29 is 0 Å². The van der Waals surface area contributed by atoms with Crippen molar-refractivity contribution >= 4 is 0 Å². The molecule has 0 aliphatic carbocycles. The van der Waals surface area contributed by atoms with E-state index < -0.39 is 0 Å². The van der Waals surface area contributed by atoms with E-state index in [1.54, 1.807) is 0 Å². The van der Waals surface area contributed by atoms with Crippen LogP contribution in [0.4, 0.5) is 0 Å². The summed E-state index contributed by atoms with van der Waals surface area (Å²) in [6.45, 7) is 6.66. The number of nitrogens with zero attached hydrogens (tertiary/aromatic N) is 4. The molecule has 4 heterocycles. The number of aryl methyl sites for hydroxylation is 3. The first-order valence-electron chi connectivity index (χ1n) is 11.0. The SMILES string of the molecule is Cc1cccc(-c2cccc(CC(CN)Cc3nc(-c4cccc(C)n4)ccc3C)n2)n1. The molecule has 0 spiro atoms. The summed E-state index contributed by atoms with van der Waals surface area (Å²) in [5.74, 6) is 0.245. The lowest BCUT2D eigenvalue weighted by Crippen LogP contribution is -2.21. The Labute approximate surface area is 189 Å². The number of hydrogen-bond donors (Lipinski definition) is 1. The summed E-state index contributed by atoms with van der Waals surface area (Å²) >= 11 is 0. The van der Waals surface area contributed by atoms with Gasteiger partial charge in [0.15, 0.2) is 0 Å². The zero-order chi connectivity index (χ0) is 22.5. The second kappa shape index (κ2) is 9.79. The predicted molar refractivity (Wildman–Crippen MR) is 129 cm³/mol. The van der Waals surface area contributed by atoms with Gasteiger partial charge in [0.2, 0.25) is 0 Å². The van der Waals surface area contributed by atoms with Gasteiger partial charge in [0.25, 0.3) is 0 Å². The summed E-state index contributed by atoms with van der Waals surface area (Å²) in [5, 5.41) is 0. The number of rotatable bonds is 7. The van der Waals surface area contributed by atoms with Crippen LogP contribution < -0.4 is 5.73 Å². The number of nitrogens with two attached hydrogens (primary N) is 1. The van der Waals surface area contributed by atoms with Gasteiger partial charge in [-0.3, -0.25) is 19.9 Å². The Morgan fingerprint density at radius 2 is 1.19 bits per heavy atom. The van der Waals surface area contributed by atoms with Gasteiger partial charge in [0.1, 0.15) is 0 Å². The van der Waals surface area contributed by atoms with E-state index in [-0.39, 0.29) is 5.92 Å². The third-order valence-electron chi connectivity index (χ3n) is 5.62. The molecule has 0 bridgehead atoms. The van der Waals surface area contributed by atoms with Gasteiger partial charge in [-0.15, -0.1) is 0 Å². The highest BCUT2D eigenvalue weighted by Crippen LogP contribution is 2.21. The molecular formula is C27H29N5. The Kier molecular flexibility index (Phi) is 6.66. The smallest absolute Gasteiger partial charge is 0.0889 e. The van der Waals surface area contributed by atoms with Crippen molar-refractivity contribution in [2.45, 2.75) is 33.6 Å². The summed E-state index contributed by atoms with van der Waals surface area (Å²) in [5.41, 5.74) is 15.0. The maximum absolute atomic E-state index is 6.18. The lowest BCUT2D eigenvalue weighted by Gasteiger charge is -2.16. The van der Waals surface area contributed by atoms with E-state index in [0.29, 0.717) is 6.54 Å². The Hall–Kier alpha value is -3.44. The van der Waals surface area contributed by atoms with Crippen LogP contribution in [0.2, 0.25) is 0 Å². The molecule has 5 nitrogen and oxygen atoms in total. The van der Waals surface area contributed by atoms with Gasteiger partial charge in [0.05, 0.1) is 22.8 Å². The average molecular weight is 424 g/mol. The fourth-order valence-corrected chi connectivity index (χ4v) is 3.84. The Bertz CT molecular complexity index is 1220. The van der Waals surface area contributed by atoms with E-state index in [1.807, 2.05) is 68.4 Å². The maximum Gasteiger partial charge on any atom is 0.0889 e. The summed E-state index contributed by atoms with van der Waals surface area (Å²) in [6.07, 6.45) is 1.60. The highest BCUT2D eigenvalue weighted by Gasteiger charge is 2.15. The second-order valence-corrected chi connectivity index (χ2v) is 8.31. The molecule has 0 aromatic carbocycles. The minimum Gasteiger partial charge on any atom is -0.330 e. The fourth-order valence-electron chi connectivity index (χ4n) is 3.84. The lowest BCUT2D eigenvalue weighted by atomic mass is 9.95. The van der Waals surface area contributed by atoms with Crippen LogP contribution in [-0.2, 0) is 12.8 Å². The number of aromatic nitrogens is 4. The van der Waals surface area contributed by atoms with Crippen LogP contribution >= 0.6 is 0 Å². The minimum absolute atomic E-state index is 0.245. The van der Waals surface area contributed by atoms with Gasteiger partial charge < -0.3 is 5.73 Å². The van der Waals surface area contributed by atoms with E-state index in [2.05, 4.69) is 29.0 Å². The third-order valence-corrected chi connectivity index (χ3v) is 5.62. The van der Waals surface area contributed by atoms with Crippen LogP contribution in [0.1, 0.15) is 28.3 Å². The summed E-state index contributed by atoms with van der Waals surface area (Å²) < 4.78 is 0. The highest BCUT2D eigenvalue weighted by molar-refractivity contribution is 5.55. The van der Waals surface area contributed by atoms with Gasteiger partial charge in [-0.2, -0.15) is 0 Å². The van der Waals surface area contributed by atoms with Gasteiger partial charge >= 0.3 is 0 Å². The molecule has 0 aliphatic heterocycles. The van der Waals surface area contributed by atoms with Crippen LogP contribution in [0.15, 0.2) is 66.7 Å². The second-order valence-electron chi connectivity index (χ2n) is 8.31. The third kappa shape index (κ3) is 5.24. The predicted octanol–water partition coefficient (Wildman–Crippen LogP) is 4.89. The summed E-state index contributed by atoms with van der Waals surface area (Å²) in [4.78, 5) is 19.0. The standard InChI is InChI=1S/C27H29N5/c1-18-13-14-26(24-11-5-8-20(3)30-24)32-27(18)16-21(17-28)15-22-9-6-12-25(31-22)23-10-4-7-19(2)29-23/h4-14,21H,15-17,28H2,1-3H3. The average Bonchev–Trinajstić information content (AvgIpc) is 2.80. The fraction of sp³-hybridized carbons (Fsp3) is 0.259. The summed E-state index contributed by atoms with van der Waals surface area (Å²) in [6, 6.07) is 22.3. The van der Waals surface area contributed by atoms with E-state index in [4.69, 9.17) is 15.7 Å². The molecule has 32 heavy (non-hydrogen) atoms. The maximum atomic E-state index is 6.18. The van der Waals surface area contributed by atoms with Crippen LogP contribution in [0, 0.1) is 26.7 Å². The van der Waals surface area contributed by atoms with Crippen molar-refractivity contribution in [1.82, 2.24) is 19.9 Å². The highest BCUT2D eigenvalue weighted by atomic mass is 14.8. The molecule has 1 unspecified atom stereocenters. The number of hydrogen-bond acceptors (Lipinski definition) is 5. The van der Waals surface area contributed by atoms with Crippen LogP contribution in [0.25, 0.3) is 22.8 Å². The largest absolute Gasteiger partial charge is 0.330 e. The Morgan fingerprint density at radius 3 is 1.78 bits per heavy atom. The van der Waals surface area contributed by atoms with Gasteiger partial charge in [-0.1, -0.05) is 24.3 Å². The monoisotopic (exact) mass is 423 g/mol. The molecule has 0 saturated heterocycles. The molecule has 5 heteroatoms. The van der Waals surface area contributed by atoms with Crippen LogP contribution in [0.5, 0.6) is 0 Å². The van der Waals surface area contributed by atoms with Crippen molar-refractivity contribution in [1.29, 1.82) is 0 Å². The first kappa shape index (κ1) is 21.8. The minimum atomic E-state index is 0.245. The van der Waals surface area contributed by atoms with Crippen molar-refractivity contribution in [2.75, 3.05) is 6.54 Å². The molecule has 0 saturated carbocycles. The molecule has 0 aliphatic rings. The van der Waals surface area contributed by atoms with Crippen molar-refractivity contribution in [3.8, 4) is 22.8 Å². The summed E-state index contributed by atoms with van der Waals surface area (Å²) in [7, 11) is 0. The van der Waals surface area contributed by atoms with Crippen molar-refractivity contribution in [2.24, 2.45) is 11.7 Å². The van der Waals surface area contributed by atoms with E-state index >= 15 is 0 Å². The van der Waals surface area contributed by atoms with Crippen LogP contribution in [0.3, 0.4) is 0 Å². The first-order chi connectivity index (χ1) is 15.5. The lowest BCUT2D eigenvalue weighted by molar-refractivity contribution is 0.519. The van der Waals surface area contributed by atoms with Crippen molar-refractivity contribution in [3.63, 3.8) is 0 Å². The Morgan fingerprint density at radius 1 is 0.625 bits per heavy atom. The molecule has 0 amide bonds. The Balaban J connectivity index is 1.54. The molecule has 0 radical (unpaired) electrons. The van der Waals surface area contributed by atoms with E-state index in [9.17, 15) is 0 Å². The molecular weight excluding hydrogens is 394 g/mol. The molecule has 4 aromatic rings. The van der Waals surface area contributed by atoms with E-state index in [0.717, 1.165) is 58.4 Å². The van der Waals surface area contributed by atoms with Crippen LogP contribution in [-0.4, -0.2) is 26.5 Å². The zero-order valence-corrected chi connectivity index (χ0v) is 18.9. The normalized spacial score (nSPS) is 12.0. The molecule has 2 N–H and O–H groups in total. The number of pyridine rings is 4. The van der Waals surface area contributed by atoms with Gasteiger partial charge in [0, 0.05) is 22.8 Å². The first-order valence-corrected chi connectivity index (χ1v) is 11.0.